The highest BCUT2D eigenvalue weighted by Crippen LogP contribution is 2.24. The molecule has 1 N–H and O–H groups in total. The fourth-order valence-corrected chi connectivity index (χ4v) is 3.54. The number of aryl methyl sites for hydroxylation is 1. The van der Waals surface area contributed by atoms with E-state index in [0.29, 0.717) is 11.3 Å². The number of carbonyl (C=O) groups is 1. The quantitative estimate of drug-likeness (QED) is 0.426. The summed E-state index contributed by atoms with van der Waals surface area (Å²) in [6, 6.07) is 15.1. The Labute approximate surface area is 160 Å². The first-order valence-corrected chi connectivity index (χ1v) is 9.28. The molecular weight excluding hydrogens is 356 g/mol. The molecule has 0 aliphatic heterocycles. The summed E-state index contributed by atoms with van der Waals surface area (Å²) in [6.45, 7) is 2.01. The average molecular weight is 372 g/mol. The number of nitrogens with zero attached hydrogens (tertiary/aromatic N) is 3. The maximum atomic E-state index is 12.8. The zero-order valence-corrected chi connectivity index (χ0v) is 15.4. The van der Waals surface area contributed by atoms with E-state index in [0.717, 1.165) is 26.9 Å². The molecule has 27 heavy (non-hydrogen) atoms. The number of hydrogen-bond acceptors (Lipinski definition) is 5. The molecule has 4 aromatic rings. The summed E-state index contributed by atoms with van der Waals surface area (Å²) < 4.78 is 0. The van der Waals surface area contributed by atoms with Gasteiger partial charge in [-0.3, -0.25) is 9.78 Å². The lowest BCUT2D eigenvalue weighted by Gasteiger charge is -2.08. The Hall–Kier alpha value is -3.38. The van der Waals surface area contributed by atoms with Crippen LogP contribution in [0.3, 0.4) is 0 Å². The fraction of sp³-hybridized carbons (Fsp3) is 0.0476. The molecule has 0 aliphatic rings. The van der Waals surface area contributed by atoms with Crippen LogP contribution in [0.5, 0.6) is 0 Å². The van der Waals surface area contributed by atoms with Crippen LogP contribution in [0.2, 0.25) is 0 Å². The Morgan fingerprint density at radius 3 is 2.85 bits per heavy atom. The number of amides is 1. The van der Waals surface area contributed by atoms with Gasteiger partial charge >= 0.3 is 0 Å². The molecule has 0 radical (unpaired) electrons. The second kappa shape index (κ2) is 7.47. The normalized spacial score (nSPS) is 11.1. The van der Waals surface area contributed by atoms with Crippen molar-refractivity contribution in [1.82, 2.24) is 15.4 Å². The van der Waals surface area contributed by atoms with Gasteiger partial charge in [-0.15, -0.1) is 11.3 Å². The van der Waals surface area contributed by atoms with Crippen molar-refractivity contribution < 1.29 is 4.79 Å². The molecule has 3 heterocycles. The number of hydrazone groups is 1. The molecule has 6 heteroatoms. The molecule has 4 rings (SSSR count). The zero-order valence-electron chi connectivity index (χ0n) is 14.6. The van der Waals surface area contributed by atoms with Crippen LogP contribution in [-0.4, -0.2) is 22.1 Å². The molecule has 1 amide bonds. The number of hydrogen-bond donors (Lipinski definition) is 1. The molecule has 132 valence electrons. The van der Waals surface area contributed by atoms with Crippen LogP contribution in [0.4, 0.5) is 0 Å². The van der Waals surface area contributed by atoms with Gasteiger partial charge in [-0.1, -0.05) is 18.2 Å². The number of pyridine rings is 2. The summed E-state index contributed by atoms with van der Waals surface area (Å²) in [7, 11) is 0. The SMILES string of the molecule is Cc1ccsc1/C=N\NC(=O)c1cc(-c2cccnc2)nc2ccccc12. The number of rotatable bonds is 4. The molecule has 0 bridgehead atoms. The highest BCUT2D eigenvalue weighted by molar-refractivity contribution is 7.11. The van der Waals surface area contributed by atoms with Crippen molar-refractivity contribution in [1.29, 1.82) is 0 Å². The molecule has 0 atom stereocenters. The lowest BCUT2D eigenvalue weighted by atomic mass is 10.0. The number of benzene rings is 1. The van der Waals surface area contributed by atoms with Gasteiger partial charge in [0, 0.05) is 28.2 Å². The van der Waals surface area contributed by atoms with Gasteiger partial charge in [0.2, 0.25) is 0 Å². The van der Waals surface area contributed by atoms with Crippen molar-refractivity contribution in [3.05, 3.63) is 82.3 Å². The van der Waals surface area contributed by atoms with E-state index in [1.54, 1.807) is 36.0 Å². The third kappa shape index (κ3) is 3.61. The number of aromatic nitrogens is 2. The monoisotopic (exact) mass is 372 g/mol. The predicted molar refractivity (Wildman–Crippen MR) is 109 cm³/mol. The number of nitrogens with one attached hydrogen (secondary N) is 1. The van der Waals surface area contributed by atoms with E-state index in [1.165, 1.54) is 0 Å². The maximum Gasteiger partial charge on any atom is 0.272 e. The van der Waals surface area contributed by atoms with Gasteiger partial charge < -0.3 is 0 Å². The van der Waals surface area contributed by atoms with Crippen molar-refractivity contribution in [2.24, 2.45) is 5.10 Å². The van der Waals surface area contributed by atoms with Gasteiger partial charge in [0.25, 0.3) is 5.91 Å². The van der Waals surface area contributed by atoms with Gasteiger partial charge in [-0.05, 0) is 48.2 Å². The standard InChI is InChI=1S/C21H16N4OS/c1-14-8-10-27-20(14)13-23-25-21(26)17-11-19(15-5-4-9-22-12-15)24-18-7-3-2-6-16(17)18/h2-13H,1H3,(H,25,26)/b23-13-. The summed E-state index contributed by atoms with van der Waals surface area (Å²) in [5, 5.41) is 6.89. The van der Waals surface area contributed by atoms with Crippen LogP contribution >= 0.6 is 11.3 Å². The summed E-state index contributed by atoms with van der Waals surface area (Å²) in [5.41, 5.74) is 6.59. The van der Waals surface area contributed by atoms with Crippen LogP contribution in [0.1, 0.15) is 20.8 Å². The number of fused-ring (bicyclic) bond motifs is 1. The van der Waals surface area contributed by atoms with E-state index in [9.17, 15) is 4.79 Å². The van der Waals surface area contributed by atoms with Gasteiger partial charge in [-0.2, -0.15) is 5.10 Å². The summed E-state index contributed by atoms with van der Waals surface area (Å²) >= 11 is 1.58. The summed E-state index contributed by atoms with van der Waals surface area (Å²) in [5.74, 6) is -0.274. The summed E-state index contributed by atoms with van der Waals surface area (Å²) in [4.78, 5) is 22.6. The Morgan fingerprint density at radius 2 is 2.07 bits per heavy atom. The highest BCUT2D eigenvalue weighted by Gasteiger charge is 2.13. The van der Waals surface area contributed by atoms with Crippen LogP contribution in [-0.2, 0) is 0 Å². The second-order valence-corrected chi connectivity index (χ2v) is 6.93. The van der Waals surface area contributed by atoms with Gasteiger partial charge in [0.05, 0.1) is 23.0 Å². The molecule has 1 aromatic carbocycles. The lowest BCUT2D eigenvalue weighted by molar-refractivity contribution is 0.0956. The smallest absolute Gasteiger partial charge is 0.267 e. The van der Waals surface area contributed by atoms with E-state index >= 15 is 0 Å². The summed E-state index contributed by atoms with van der Waals surface area (Å²) in [6.07, 6.45) is 5.11. The average Bonchev–Trinajstić information content (AvgIpc) is 3.12. The van der Waals surface area contributed by atoms with Crippen molar-refractivity contribution in [3.63, 3.8) is 0 Å². The van der Waals surface area contributed by atoms with E-state index in [4.69, 9.17) is 0 Å². The Kier molecular flexibility index (Phi) is 4.72. The first-order chi connectivity index (χ1) is 13.2. The van der Waals surface area contributed by atoms with Gasteiger partial charge in [-0.25, -0.2) is 10.4 Å². The Bertz CT molecular complexity index is 1140. The van der Waals surface area contributed by atoms with Crippen LogP contribution in [0.15, 0.2) is 71.4 Å². The minimum atomic E-state index is -0.274. The first kappa shape index (κ1) is 17.1. The highest BCUT2D eigenvalue weighted by atomic mass is 32.1. The first-order valence-electron chi connectivity index (χ1n) is 8.40. The zero-order chi connectivity index (χ0) is 18.6. The van der Waals surface area contributed by atoms with E-state index in [-0.39, 0.29) is 5.91 Å². The largest absolute Gasteiger partial charge is 0.272 e. The molecule has 0 saturated carbocycles. The molecule has 0 spiro atoms. The third-order valence-electron chi connectivity index (χ3n) is 4.17. The predicted octanol–water partition coefficient (Wildman–Crippen LogP) is 4.43. The topological polar surface area (TPSA) is 67.2 Å². The van der Waals surface area contributed by atoms with Crippen molar-refractivity contribution >= 4 is 34.4 Å². The van der Waals surface area contributed by atoms with Crippen molar-refractivity contribution in [3.8, 4) is 11.3 Å². The van der Waals surface area contributed by atoms with Crippen LogP contribution in [0.25, 0.3) is 22.2 Å². The van der Waals surface area contributed by atoms with Gasteiger partial charge in [0.15, 0.2) is 0 Å². The molecule has 0 unspecified atom stereocenters. The lowest BCUT2D eigenvalue weighted by Crippen LogP contribution is -2.18. The Balaban J connectivity index is 1.70. The number of thiophene rings is 1. The molecule has 0 saturated heterocycles. The van der Waals surface area contributed by atoms with E-state index < -0.39 is 0 Å². The van der Waals surface area contributed by atoms with Crippen LogP contribution in [0, 0.1) is 6.92 Å². The number of carbonyl (C=O) groups excluding carboxylic acids is 1. The molecule has 0 aliphatic carbocycles. The maximum absolute atomic E-state index is 12.8. The molecule has 0 fully saturated rings. The minimum absolute atomic E-state index is 0.274. The third-order valence-corrected chi connectivity index (χ3v) is 5.12. The molecule has 3 aromatic heterocycles. The second-order valence-electron chi connectivity index (χ2n) is 5.98. The van der Waals surface area contributed by atoms with E-state index in [2.05, 4.69) is 20.5 Å². The van der Waals surface area contributed by atoms with Crippen molar-refractivity contribution in [2.75, 3.05) is 0 Å². The molecular formula is C21H16N4OS. The van der Waals surface area contributed by atoms with E-state index in [1.807, 2.05) is 54.8 Å². The fourth-order valence-electron chi connectivity index (χ4n) is 2.75. The Morgan fingerprint density at radius 1 is 1.19 bits per heavy atom. The minimum Gasteiger partial charge on any atom is -0.267 e. The molecule has 5 nitrogen and oxygen atoms in total. The van der Waals surface area contributed by atoms with Gasteiger partial charge in [0.1, 0.15) is 0 Å². The van der Waals surface area contributed by atoms with Crippen molar-refractivity contribution in [2.45, 2.75) is 6.92 Å². The van der Waals surface area contributed by atoms with Crippen LogP contribution < -0.4 is 5.43 Å². The number of para-hydroxylation sites is 1.